The van der Waals surface area contributed by atoms with Crippen molar-refractivity contribution < 1.29 is 23.5 Å². The van der Waals surface area contributed by atoms with Crippen LogP contribution in [0.4, 0.5) is 4.39 Å². The van der Waals surface area contributed by atoms with Gasteiger partial charge < -0.3 is 14.4 Å². The van der Waals surface area contributed by atoms with E-state index in [1.807, 2.05) is 0 Å². The third kappa shape index (κ3) is 3.71. The first-order valence-electron chi connectivity index (χ1n) is 6.87. The molecule has 0 unspecified atom stereocenters. The lowest BCUT2D eigenvalue weighted by Crippen LogP contribution is -2.38. The highest BCUT2D eigenvalue weighted by molar-refractivity contribution is 5.96. The Bertz CT molecular complexity index is 542. The van der Waals surface area contributed by atoms with Crippen molar-refractivity contribution >= 4 is 11.9 Å². The van der Waals surface area contributed by atoms with Crippen LogP contribution in [0.1, 0.15) is 30.1 Å². The molecule has 1 saturated carbocycles. The molecule has 0 atom stereocenters. The van der Waals surface area contributed by atoms with Crippen LogP contribution in [0.2, 0.25) is 0 Å². The predicted molar refractivity (Wildman–Crippen MR) is 73.6 cm³/mol. The molecule has 114 valence electrons. The lowest BCUT2D eigenvalue weighted by Gasteiger charge is -2.21. The number of carbonyl (C=O) groups is 2. The van der Waals surface area contributed by atoms with Crippen molar-refractivity contribution in [2.45, 2.75) is 25.8 Å². The molecular formula is C15H18FNO4. The molecule has 0 heterocycles. The minimum atomic E-state index is -0.602. The normalized spacial score (nSPS) is 13.7. The van der Waals surface area contributed by atoms with E-state index in [-0.39, 0.29) is 36.4 Å². The number of benzene rings is 1. The lowest BCUT2D eigenvalue weighted by molar-refractivity contribution is -0.144. The Balaban J connectivity index is 2.14. The maximum atomic E-state index is 13.7. The average molecular weight is 295 g/mol. The largest absolute Gasteiger partial charge is 0.494 e. The first kappa shape index (κ1) is 15.3. The number of methoxy groups -OCH3 is 1. The molecule has 0 saturated heterocycles. The molecule has 1 aliphatic carbocycles. The van der Waals surface area contributed by atoms with Gasteiger partial charge in [0.15, 0.2) is 11.6 Å². The number of halogens is 1. The van der Waals surface area contributed by atoms with Gasteiger partial charge in [-0.2, -0.15) is 0 Å². The van der Waals surface area contributed by atoms with Crippen LogP contribution in [0.25, 0.3) is 0 Å². The fraction of sp³-hybridized carbons (Fsp3) is 0.467. The third-order valence-corrected chi connectivity index (χ3v) is 3.25. The molecule has 1 fully saturated rings. The molecule has 0 aromatic heterocycles. The zero-order valence-electron chi connectivity index (χ0n) is 12.1. The zero-order chi connectivity index (χ0) is 15.4. The highest BCUT2D eigenvalue weighted by Crippen LogP contribution is 2.29. The predicted octanol–water partition coefficient (Wildman–Crippen LogP) is 2.00. The molecular weight excluding hydrogens is 277 g/mol. The standard InChI is InChI=1S/C15H18FNO4/c1-3-21-14(18)9-17(11-5-6-11)15(19)10-4-7-13(20-2)12(16)8-10/h4,7-8,11H,3,5-6,9H2,1-2H3. The summed E-state index contributed by atoms with van der Waals surface area (Å²) >= 11 is 0. The summed E-state index contributed by atoms with van der Waals surface area (Å²) < 4.78 is 23.4. The molecule has 0 aliphatic heterocycles. The molecule has 1 aliphatic rings. The molecule has 0 N–H and O–H groups in total. The number of hydrogen-bond donors (Lipinski definition) is 0. The molecule has 1 aromatic carbocycles. The summed E-state index contributed by atoms with van der Waals surface area (Å²) in [5, 5.41) is 0. The highest BCUT2D eigenvalue weighted by atomic mass is 19.1. The van der Waals surface area contributed by atoms with Crippen LogP contribution >= 0.6 is 0 Å². The number of esters is 1. The van der Waals surface area contributed by atoms with Crippen LogP contribution in [-0.2, 0) is 9.53 Å². The SMILES string of the molecule is CCOC(=O)CN(C(=O)c1ccc(OC)c(F)c1)C1CC1. The topological polar surface area (TPSA) is 55.8 Å². The summed E-state index contributed by atoms with van der Waals surface area (Å²) in [5.74, 6) is -1.34. The fourth-order valence-corrected chi connectivity index (χ4v) is 2.06. The van der Waals surface area contributed by atoms with Crippen molar-refractivity contribution in [3.05, 3.63) is 29.6 Å². The number of amides is 1. The van der Waals surface area contributed by atoms with Gasteiger partial charge in [-0.05, 0) is 38.0 Å². The molecule has 5 nitrogen and oxygen atoms in total. The average Bonchev–Trinajstić information content (AvgIpc) is 3.29. The van der Waals surface area contributed by atoms with Crippen molar-refractivity contribution in [2.75, 3.05) is 20.3 Å². The quantitative estimate of drug-likeness (QED) is 0.753. The van der Waals surface area contributed by atoms with E-state index in [4.69, 9.17) is 9.47 Å². The van der Waals surface area contributed by atoms with Gasteiger partial charge in [0.1, 0.15) is 6.54 Å². The lowest BCUT2D eigenvalue weighted by atomic mass is 10.1. The van der Waals surface area contributed by atoms with Crippen molar-refractivity contribution in [2.24, 2.45) is 0 Å². The third-order valence-electron chi connectivity index (χ3n) is 3.25. The second-order valence-electron chi connectivity index (χ2n) is 4.82. The van der Waals surface area contributed by atoms with Gasteiger partial charge in [-0.3, -0.25) is 9.59 Å². The highest BCUT2D eigenvalue weighted by Gasteiger charge is 2.34. The Morgan fingerprint density at radius 1 is 1.38 bits per heavy atom. The van der Waals surface area contributed by atoms with E-state index in [1.54, 1.807) is 6.92 Å². The monoisotopic (exact) mass is 295 g/mol. The summed E-state index contributed by atoms with van der Waals surface area (Å²) in [6, 6.07) is 4.05. The molecule has 1 aromatic rings. The Hall–Kier alpha value is -2.11. The molecule has 21 heavy (non-hydrogen) atoms. The smallest absolute Gasteiger partial charge is 0.325 e. The van der Waals surface area contributed by atoms with E-state index in [0.717, 1.165) is 18.9 Å². The van der Waals surface area contributed by atoms with Gasteiger partial charge in [0.05, 0.1) is 13.7 Å². The van der Waals surface area contributed by atoms with Crippen LogP contribution < -0.4 is 4.74 Å². The molecule has 2 rings (SSSR count). The summed E-state index contributed by atoms with van der Waals surface area (Å²) in [5.41, 5.74) is 0.199. The van der Waals surface area contributed by atoms with Crippen molar-refractivity contribution in [3.63, 3.8) is 0 Å². The summed E-state index contributed by atoms with van der Waals surface area (Å²) in [6.07, 6.45) is 1.70. The van der Waals surface area contributed by atoms with Gasteiger partial charge in [0.25, 0.3) is 5.91 Å². The van der Waals surface area contributed by atoms with E-state index < -0.39 is 11.8 Å². The Morgan fingerprint density at radius 3 is 2.62 bits per heavy atom. The number of ether oxygens (including phenoxy) is 2. The van der Waals surface area contributed by atoms with Gasteiger partial charge in [0.2, 0.25) is 0 Å². The van der Waals surface area contributed by atoms with Crippen LogP contribution in [0.15, 0.2) is 18.2 Å². The fourth-order valence-electron chi connectivity index (χ4n) is 2.06. The van der Waals surface area contributed by atoms with Gasteiger partial charge in [-0.15, -0.1) is 0 Å². The van der Waals surface area contributed by atoms with E-state index in [1.165, 1.54) is 24.1 Å². The van der Waals surface area contributed by atoms with Crippen LogP contribution in [0, 0.1) is 5.82 Å². The van der Waals surface area contributed by atoms with Crippen molar-refractivity contribution in [1.29, 1.82) is 0 Å². The van der Waals surface area contributed by atoms with E-state index >= 15 is 0 Å². The van der Waals surface area contributed by atoms with Gasteiger partial charge in [0, 0.05) is 11.6 Å². The number of hydrogen-bond acceptors (Lipinski definition) is 4. The summed E-state index contributed by atoms with van der Waals surface area (Å²) in [4.78, 5) is 25.5. The van der Waals surface area contributed by atoms with Gasteiger partial charge in [-0.1, -0.05) is 0 Å². The second kappa shape index (κ2) is 6.56. The Labute approximate surface area is 122 Å². The maximum absolute atomic E-state index is 13.7. The van der Waals surface area contributed by atoms with E-state index in [2.05, 4.69) is 0 Å². The summed E-state index contributed by atoms with van der Waals surface area (Å²) in [7, 11) is 1.36. The molecule has 0 radical (unpaired) electrons. The number of nitrogens with zero attached hydrogens (tertiary/aromatic N) is 1. The van der Waals surface area contributed by atoms with Crippen LogP contribution in [0.3, 0.4) is 0 Å². The van der Waals surface area contributed by atoms with E-state index in [9.17, 15) is 14.0 Å². The second-order valence-corrected chi connectivity index (χ2v) is 4.82. The zero-order valence-corrected chi connectivity index (χ0v) is 12.1. The van der Waals surface area contributed by atoms with Gasteiger partial charge >= 0.3 is 5.97 Å². The number of rotatable bonds is 6. The Morgan fingerprint density at radius 2 is 2.10 bits per heavy atom. The number of carbonyl (C=O) groups excluding carboxylic acids is 2. The van der Waals surface area contributed by atoms with Crippen molar-refractivity contribution in [1.82, 2.24) is 4.90 Å². The molecule has 6 heteroatoms. The van der Waals surface area contributed by atoms with Gasteiger partial charge in [-0.25, -0.2) is 4.39 Å². The van der Waals surface area contributed by atoms with Crippen molar-refractivity contribution in [3.8, 4) is 5.75 Å². The first-order valence-corrected chi connectivity index (χ1v) is 6.87. The first-order chi connectivity index (χ1) is 10.1. The maximum Gasteiger partial charge on any atom is 0.325 e. The van der Waals surface area contributed by atoms with E-state index in [0.29, 0.717) is 0 Å². The molecule has 0 bridgehead atoms. The van der Waals surface area contributed by atoms with Crippen LogP contribution in [0.5, 0.6) is 5.75 Å². The summed E-state index contributed by atoms with van der Waals surface area (Å²) in [6.45, 7) is 1.87. The minimum absolute atomic E-state index is 0.0343. The van der Waals surface area contributed by atoms with Crippen LogP contribution in [-0.4, -0.2) is 43.1 Å². The minimum Gasteiger partial charge on any atom is -0.494 e. The molecule has 0 spiro atoms. The molecule has 1 amide bonds. The Kier molecular flexibility index (Phi) is 4.77.